The first-order valence-corrected chi connectivity index (χ1v) is 9.87. The van der Waals surface area contributed by atoms with Crippen LogP contribution in [0.25, 0.3) is 0 Å². The van der Waals surface area contributed by atoms with Crippen LogP contribution in [0, 0.1) is 12.5 Å². The fourth-order valence-corrected chi connectivity index (χ4v) is 4.39. The number of terminal acetylenes is 1. The van der Waals surface area contributed by atoms with Gasteiger partial charge in [-0.3, -0.25) is 4.79 Å². The molecule has 0 spiro atoms. The molecule has 0 aliphatic rings. The molecule has 6 heteroatoms. The van der Waals surface area contributed by atoms with Gasteiger partial charge in [-0.25, -0.2) is 9.69 Å². The maximum absolute atomic E-state index is 11.9. The summed E-state index contributed by atoms with van der Waals surface area (Å²) in [7, 11) is -1.55. The number of carbonyl (C=O) groups excluding carboxylic acids is 2. The van der Waals surface area contributed by atoms with E-state index in [1.165, 1.54) is 0 Å². The monoisotopic (exact) mass is 299 g/mol. The Hall–Kier alpha value is -1.48. The highest BCUT2D eigenvalue weighted by molar-refractivity contribution is 6.79. The molecule has 20 heavy (non-hydrogen) atoms. The molecule has 0 bridgehead atoms. The molecule has 0 aromatic heterocycles. The van der Waals surface area contributed by atoms with Gasteiger partial charge in [0, 0.05) is 6.04 Å². The molecule has 5 nitrogen and oxygen atoms in total. The molecule has 0 saturated carbocycles. The van der Waals surface area contributed by atoms with Crippen LogP contribution in [0.3, 0.4) is 0 Å². The Morgan fingerprint density at radius 2 is 1.65 bits per heavy atom. The average Bonchev–Trinajstić information content (AvgIpc) is 2.46. The maximum Gasteiger partial charge on any atom is 0.421 e. The Balaban J connectivity index is 4.50. The molecule has 0 aliphatic carbocycles. The van der Waals surface area contributed by atoms with Crippen LogP contribution in [0.2, 0.25) is 18.1 Å². The number of hydrogen-bond acceptors (Lipinski definition) is 4. The Morgan fingerprint density at radius 3 is 2.05 bits per heavy atom. The van der Waals surface area contributed by atoms with Gasteiger partial charge in [-0.1, -0.05) is 45.3 Å². The topological polar surface area (TPSA) is 55.8 Å². The van der Waals surface area contributed by atoms with Crippen LogP contribution in [0.1, 0.15) is 27.7 Å². The van der Waals surface area contributed by atoms with Crippen LogP contribution in [0.4, 0.5) is 4.79 Å². The van der Waals surface area contributed by atoms with Crippen LogP contribution < -0.4 is 0 Å². The number of ether oxygens (including phenoxy) is 2. The van der Waals surface area contributed by atoms with E-state index in [0.717, 1.165) is 23.0 Å². The minimum Gasteiger partial charge on any atom is -0.465 e. The molecule has 0 aromatic carbocycles. The summed E-state index contributed by atoms with van der Waals surface area (Å²) in [6, 6.07) is 5.33. The zero-order chi connectivity index (χ0) is 15.6. The second-order valence-corrected chi connectivity index (χ2v) is 10.0. The van der Waals surface area contributed by atoms with Gasteiger partial charge in [0.25, 0.3) is 0 Å². The lowest BCUT2D eigenvalue weighted by molar-refractivity contribution is -0.143. The van der Waals surface area contributed by atoms with E-state index < -0.39 is 20.1 Å². The molecule has 114 valence electrons. The Kier molecular flexibility index (Phi) is 8.73. The van der Waals surface area contributed by atoms with E-state index in [0.29, 0.717) is 6.23 Å². The number of amides is 1. The van der Waals surface area contributed by atoms with E-state index in [2.05, 4.69) is 26.8 Å². The highest BCUT2D eigenvalue weighted by Gasteiger charge is 2.30. The summed E-state index contributed by atoms with van der Waals surface area (Å²) in [5.41, 5.74) is 0. The first-order valence-electron chi connectivity index (χ1n) is 7.04. The Bertz CT molecular complexity index is 352. The maximum atomic E-state index is 11.9. The zero-order valence-corrected chi connectivity index (χ0v) is 13.9. The molecule has 0 fully saturated rings. The van der Waals surface area contributed by atoms with Crippen LogP contribution in [-0.2, 0) is 14.3 Å². The van der Waals surface area contributed by atoms with Gasteiger partial charge < -0.3 is 9.47 Å². The molecular formula is C14H25NO4Si. The fourth-order valence-electron chi connectivity index (χ4n) is 1.85. The third-order valence-corrected chi connectivity index (χ3v) is 8.98. The van der Waals surface area contributed by atoms with E-state index in [9.17, 15) is 9.59 Å². The van der Waals surface area contributed by atoms with Gasteiger partial charge in [-0.15, -0.1) is 0 Å². The number of carbonyl (C=O) groups is 2. The minimum atomic E-state index is -1.55. The summed E-state index contributed by atoms with van der Waals surface area (Å²) in [6.07, 6.45) is 5.03. The smallest absolute Gasteiger partial charge is 0.421 e. The number of rotatable bonds is 8. The summed E-state index contributed by atoms with van der Waals surface area (Å²) in [5.74, 6) is -0.535. The summed E-state index contributed by atoms with van der Waals surface area (Å²) < 4.78 is 10.1. The molecular weight excluding hydrogens is 274 g/mol. The van der Waals surface area contributed by atoms with Crippen molar-refractivity contribution in [1.29, 1.82) is 0 Å². The van der Waals surface area contributed by atoms with Gasteiger partial charge in [0.15, 0.2) is 0 Å². The van der Waals surface area contributed by atoms with Crippen molar-refractivity contribution in [3.05, 3.63) is 0 Å². The quantitative estimate of drug-likeness (QED) is 0.299. The summed E-state index contributed by atoms with van der Waals surface area (Å²) in [5, 5.41) is 0. The van der Waals surface area contributed by atoms with Gasteiger partial charge in [0.1, 0.15) is 6.54 Å². The summed E-state index contributed by atoms with van der Waals surface area (Å²) >= 11 is 0. The van der Waals surface area contributed by atoms with Gasteiger partial charge in [0.2, 0.25) is 0 Å². The van der Waals surface area contributed by atoms with Crippen LogP contribution in [-0.4, -0.2) is 44.4 Å². The highest BCUT2D eigenvalue weighted by atomic mass is 28.3. The summed E-state index contributed by atoms with van der Waals surface area (Å²) in [4.78, 5) is 24.1. The van der Waals surface area contributed by atoms with Crippen molar-refractivity contribution in [2.24, 2.45) is 0 Å². The van der Waals surface area contributed by atoms with E-state index >= 15 is 0 Å². The van der Waals surface area contributed by atoms with Crippen molar-refractivity contribution in [1.82, 2.24) is 4.90 Å². The van der Waals surface area contributed by atoms with Crippen LogP contribution >= 0.6 is 0 Å². The number of nitrogens with zero attached hydrogens (tertiary/aromatic N) is 1. The SMILES string of the molecule is C#CN(CC(=O)OCC)C(=O)OC[Si](CC)(CC)CC. The van der Waals surface area contributed by atoms with Crippen LogP contribution in [0.5, 0.6) is 0 Å². The second-order valence-electron chi connectivity index (χ2n) is 4.64. The van der Waals surface area contributed by atoms with Gasteiger partial charge in [0.05, 0.1) is 20.9 Å². The lowest BCUT2D eigenvalue weighted by Crippen LogP contribution is -2.41. The molecule has 1 amide bonds. The van der Waals surface area contributed by atoms with Crippen LogP contribution in [0.15, 0.2) is 0 Å². The standard InChI is InChI=1S/C14H25NO4Si/c1-6-15(11-13(16)18-7-2)14(17)19-12-20(8-3,9-4)10-5/h1H,7-12H2,2-5H3. The molecule has 0 heterocycles. The normalized spacial score (nSPS) is 10.6. The van der Waals surface area contributed by atoms with Crippen molar-refractivity contribution in [2.75, 3.05) is 19.4 Å². The molecule has 0 aliphatic heterocycles. The van der Waals surface area contributed by atoms with Gasteiger partial charge >= 0.3 is 12.1 Å². The van der Waals surface area contributed by atoms with Gasteiger partial charge in [-0.05, 0) is 6.92 Å². The third-order valence-electron chi connectivity index (χ3n) is 3.72. The Morgan fingerprint density at radius 1 is 1.10 bits per heavy atom. The van der Waals surface area contributed by atoms with Gasteiger partial charge in [-0.2, -0.15) is 0 Å². The van der Waals surface area contributed by atoms with E-state index in [-0.39, 0.29) is 13.2 Å². The van der Waals surface area contributed by atoms with E-state index in [1.807, 2.05) is 0 Å². The molecule has 0 saturated heterocycles. The molecule has 0 unspecified atom stereocenters. The Labute approximate surface area is 122 Å². The predicted octanol–water partition coefficient (Wildman–Crippen LogP) is 2.63. The molecule has 0 radical (unpaired) electrons. The zero-order valence-electron chi connectivity index (χ0n) is 12.9. The van der Waals surface area contributed by atoms with Crippen molar-refractivity contribution in [3.8, 4) is 12.5 Å². The first kappa shape index (κ1) is 18.5. The number of hydrogen-bond donors (Lipinski definition) is 0. The highest BCUT2D eigenvalue weighted by Crippen LogP contribution is 2.20. The first-order chi connectivity index (χ1) is 9.48. The minimum absolute atomic E-state index is 0.254. The summed E-state index contributed by atoms with van der Waals surface area (Å²) in [6.45, 7) is 8.06. The fraction of sp³-hybridized carbons (Fsp3) is 0.714. The van der Waals surface area contributed by atoms with E-state index in [1.54, 1.807) is 6.92 Å². The van der Waals surface area contributed by atoms with Crippen molar-refractivity contribution in [3.63, 3.8) is 0 Å². The molecule has 0 rings (SSSR count). The molecule has 0 N–H and O–H groups in total. The van der Waals surface area contributed by atoms with Crippen molar-refractivity contribution >= 4 is 20.1 Å². The number of esters is 1. The van der Waals surface area contributed by atoms with Crippen molar-refractivity contribution < 1.29 is 19.1 Å². The lowest BCUT2D eigenvalue weighted by Gasteiger charge is -2.27. The largest absolute Gasteiger partial charge is 0.465 e. The molecule has 0 atom stereocenters. The van der Waals surface area contributed by atoms with E-state index in [4.69, 9.17) is 15.9 Å². The van der Waals surface area contributed by atoms with Crippen molar-refractivity contribution in [2.45, 2.75) is 45.8 Å². The second kappa shape index (κ2) is 9.43. The predicted molar refractivity (Wildman–Crippen MR) is 80.7 cm³/mol. The lowest BCUT2D eigenvalue weighted by atomic mass is 10.6. The third kappa shape index (κ3) is 5.66. The average molecular weight is 299 g/mol. The molecule has 0 aromatic rings.